The highest BCUT2D eigenvalue weighted by Crippen LogP contribution is 2.03. The Hall–Kier alpha value is -3.03. The van der Waals surface area contributed by atoms with Crippen LogP contribution in [0.4, 0.5) is 5.95 Å². The third kappa shape index (κ3) is 1.95. The summed E-state index contributed by atoms with van der Waals surface area (Å²) >= 11 is 0. The largest absolute Gasteiger partial charge is 0.288 e. The van der Waals surface area contributed by atoms with Crippen LogP contribution >= 0.6 is 0 Å². The lowest BCUT2D eigenvalue weighted by Crippen LogP contribution is -2.26. The number of pyridine rings is 2. The average molecular weight is 256 g/mol. The Kier molecular flexibility index (Phi) is 2.53. The molecule has 0 aromatic carbocycles. The second-order valence-electron chi connectivity index (χ2n) is 3.74. The van der Waals surface area contributed by atoms with Crippen LogP contribution in [0.1, 0.15) is 10.4 Å². The van der Waals surface area contributed by atoms with Gasteiger partial charge in [-0.3, -0.25) is 19.3 Å². The summed E-state index contributed by atoms with van der Waals surface area (Å²) in [7, 11) is 0. The Morgan fingerprint density at radius 3 is 2.95 bits per heavy atom. The number of aromatic amines is 1. The summed E-state index contributed by atoms with van der Waals surface area (Å²) in [6.07, 6.45) is 1.60. The molecule has 3 aromatic heterocycles. The minimum absolute atomic E-state index is 0.00787. The fourth-order valence-corrected chi connectivity index (χ4v) is 1.70. The maximum absolute atomic E-state index is 12.1. The van der Waals surface area contributed by atoms with Crippen molar-refractivity contribution >= 4 is 17.4 Å². The summed E-state index contributed by atoms with van der Waals surface area (Å²) < 4.78 is 1.39. The van der Waals surface area contributed by atoms with Gasteiger partial charge in [0, 0.05) is 11.7 Å². The monoisotopic (exact) mass is 256 g/mol. The minimum atomic E-state index is -0.579. The number of fused-ring (bicyclic) bond motifs is 1. The third-order valence-corrected chi connectivity index (χ3v) is 2.58. The molecule has 0 spiro atoms. The number of hydrogen-bond donors (Lipinski definition) is 2. The number of H-pyrrole nitrogens is 1. The van der Waals surface area contributed by atoms with Crippen molar-refractivity contribution in [3.8, 4) is 0 Å². The highest BCUT2D eigenvalue weighted by Gasteiger charge is 2.13. The van der Waals surface area contributed by atoms with E-state index in [0.717, 1.165) is 0 Å². The van der Waals surface area contributed by atoms with Crippen molar-refractivity contribution in [1.82, 2.24) is 25.0 Å². The van der Waals surface area contributed by atoms with E-state index in [1.54, 1.807) is 24.4 Å². The third-order valence-electron chi connectivity index (χ3n) is 2.58. The molecule has 8 heteroatoms. The topological polar surface area (TPSA) is 105 Å². The van der Waals surface area contributed by atoms with E-state index < -0.39 is 11.5 Å². The highest BCUT2D eigenvalue weighted by atomic mass is 16.2. The molecular weight excluding hydrogens is 248 g/mol. The molecule has 3 heterocycles. The molecule has 0 unspecified atom stereocenters. The first kappa shape index (κ1) is 11.1. The SMILES string of the molecule is O=C(Nc1nn[nH]n1)c1ccc2ccccn2c1=O. The van der Waals surface area contributed by atoms with E-state index >= 15 is 0 Å². The van der Waals surface area contributed by atoms with Crippen molar-refractivity contribution in [2.45, 2.75) is 0 Å². The van der Waals surface area contributed by atoms with Gasteiger partial charge in [0.05, 0.1) is 0 Å². The fraction of sp³-hybridized carbons (Fsp3) is 0. The van der Waals surface area contributed by atoms with Gasteiger partial charge in [0.1, 0.15) is 5.56 Å². The Labute approximate surface area is 106 Å². The molecule has 0 bridgehead atoms. The molecule has 2 N–H and O–H groups in total. The highest BCUT2D eigenvalue weighted by molar-refractivity contribution is 6.03. The van der Waals surface area contributed by atoms with Gasteiger partial charge in [-0.2, -0.15) is 5.21 Å². The van der Waals surface area contributed by atoms with E-state index in [-0.39, 0.29) is 11.5 Å². The normalized spacial score (nSPS) is 10.5. The maximum Gasteiger partial charge on any atom is 0.270 e. The molecule has 0 aliphatic heterocycles. The second kappa shape index (κ2) is 4.33. The van der Waals surface area contributed by atoms with Gasteiger partial charge in [-0.25, -0.2) is 0 Å². The number of nitrogens with zero attached hydrogens (tertiary/aromatic N) is 4. The lowest BCUT2D eigenvalue weighted by atomic mass is 10.2. The van der Waals surface area contributed by atoms with Gasteiger partial charge in [-0.15, -0.1) is 5.10 Å². The molecule has 94 valence electrons. The van der Waals surface area contributed by atoms with Crippen molar-refractivity contribution in [3.05, 3.63) is 52.4 Å². The number of tetrazole rings is 1. The zero-order valence-corrected chi connectivity index (χ0v) is 9.57. The van der Waals surface area contributed by atoms with Crippen molar-refractivity contribution in [3.63, 3.8) is 0 Å². The van der Waals surface area contributed by atoms with E-state index in [1.165, 1.54) is 10.5 Å². The summed E-state index contributed by atoms with van der Waals surface area (Å²) in [5.74, 6) is -0.563. The smallest absolute Gasteiger partial charge is 0.270 e. The molecule has 0 aliphatic rings. The molecule has 0 radical (unpaired) electrons. The van der Waals surface area contributed by atoms with Crippen molar-refractivity contribution in [1.29, 1.82) is 0 Å². The first-order chi connectivity index (χ1) is 9.25. The number of hydrogen-bond acceptors (Lipinski definition) is 5. The average Bonchev–Trinajstić information content (AvgIpc) is 2.92. The molecule has 3 aromatic rings. The minimum Gasteiger partial charge on any atom is -0.288 e. The van der Waals surface area contributed by atoms with E-state index in [2.05, 4.69) is 25.9 Å². The van der Waals surface area contributed by atoms with Gasteiger partial charge >= 0.3 is 0 Å². The number of amides is 1. The Morgan fingerprint density at radius 1 is 1.26 bits per heavy atom. The van der Waals surface area contributed by atoms with Crippen molar-refractivity contribution in [2.75, 3.05) is 5.32 Å². The van der Waals surface area contributed by atoms with E-state index in [4.69, 9.17) is 0 Å². The number of nitrogens with one attached hydrogen (secondary N) is 2. The molecule has 1 amide bonds. The maximum atomic E-state index is 12.1. The van der Waals surface area contributed by atoms with Crippen LogP contribution in [0, 0.1) is 0 Å². The first-order valence-corrected chi connectivity index (χ1v) is 5.41. The predicted octanol–water partition coefficient (Wildman–Crippen LogP) is 0.0649. The second-order valence-corrected chi connectivity index (χ2v) is 3.74. The summed E-state index contributed by atoms with van der Waals surface area (Å²) in [6.45, 7) is 0. The van der Waals surface area contributed by atoms with Crippen molar-refractivity contribution < 1.29 is 4.79 Å². The number of carbonyl (C=O) groups excluding carboxylic acids is 1. The molecule has 8 nitrogen and oxygen atoms in total. The zero-order valence-electron chi connectivity index (χ0n) is 9.57. The summed E-state index contributed by atoms with van der Waals surface area (Å²) in [5.41, 5.74) is 0.316. The molecule has 0 aliphatic carbocycles. The van der Waals surface area contributed by atoms with Gasteiger partial charge in [0.15, 0.2) is 0 Å². The molecule has 3 rings (SSSR count). The van der Waals surface area contributed by atoms with Crippen LogP contribution < -0.4 is 10.9 Å². The summed E-state index contributed by atoms with van der Waals surface area (Å²) in [6, 6.07) is 8.46. The Morgan fingerprint density at radius 2 is 2.16 bits per heavy atom. The van der Waals surface area contributed by atoms with Crippen LogP contribution in [0.5, 0.6) is 0 Å². The van der Waals surface area contributed by atoms with Gasteiger partial charge in [0.25, 0.3) is 17.4 Å². The lowest BCUT2D eigenvalue weighted by molar-refractivity contribution is 0.102. The van der Waals surface area contributed by atoms with E-state index in [0.29, 0.717) is 5.52 Å². The molecule has 0 saturated carbocycles. The van der Waals surface area contributed by atoms with E-state index in [1.807, 2.05) is 6.07 Å². The van der Waals surface area contributed by atoms with Gasteiger partial charge in [-0.05, 0) is 29.5 Å². The molecule has 19 heavy (non-hydrogen) atoms. The van der Waals surface area contributed by atoms with Crippen LogP contribution in [0.25, 0.3) is 5.52 Å². The quantitative estimate of drug-likeness (QED) is 0.674. The summed E-state index contributed by atoms with van der Waals surface area (Å²) in [4.78, 5) is 24.1. The summed E-state index contributed by atoms with van der Waals surface area (Å²) in [5, 5.41) is 15.1. The van der Waals surface area contributed by atoms with Gasteiger partial charge in [-0.1, -0.05) is 11.2 Å². The number of rotatable bonds is 2. The number of carbonyl (C=O) groups is 1. The van der Waals surface area contributed by atoms with Gasteiger partial charge < -0.3 is 0 Å². The molecule has 0 saturated heterocycles. The zero-order chi connectivity index (χ0) is 13.2. The van der Waals surface area contributed by atoms with Crippen LogP contribution in [-0.2, 0) is 0 Å². The standard InChI is InChI=1S/C11H8N6O2/c18-9(12-11-13-15-16-14-11)8-5-4-7-3-1-2-6-17(7)10(8)19/h1-6H,(H2,12,13,14,15,16,18). The Balaban J connectivity index is 2.03. The molecular formula is C11H8N6O2. The number of anilines is 1. The van der Waals surface area contributed by atoms with Gasteiger partial charge in [0.2, 0.25) is 0 Å². The molecule has 0 atom stereocenters. The van der Waals surface area contributed by atoms with Crippen molar-refractivity contribution in [2.24, 2.45) is 0 Å². The van der Waals surface area contributed by atoms with Crippen LogP contribution in [-0.4, -0.2) is 30.9 Å². The molecule has 0 fully saturated rings. The number of aromatic nitrogens is 5. The lowest BCUT2D eigenvalue weighted by Gasteiger charge is -2.03. The predicted molar refractivity (Wildman–Crippen MR) is 65.8 cm³/mol. The van der Waals surface area contributed by atoms with Crippen LogP contribution in [0.3, 0.4) is 0 Å². The fourth-order valence-electron chi connectivity index (χ4n) is 1.70. The Bertz CT molecular complexity index is 792. The van der Waals surface area contributed by atoms with Crippen LogP contribution in [0.15, 0.2) is 41.3 Å². The van der Waals surface area contributed by atoms with Crippen LogP contribution in [0.2, 0.25) is 0 Å². The first-order valence-electron chi connectivity index (χ1n) is 5.41. The van der Waals surface area contributed by atoms with E-state index in [9.17, 15) is 9.59 Å².